The lowest BCUT2D eigenvalue weighted by molar-refractivity contribution is 1.22. The minimum absolute atomic E-state index is 0.999. The molecule has 0 N–H and O–H groups in total. The minimum Gasteiger partial charge on any atom is -0.272 e. The van der Waals surface area contributed by atoms with Gasteiger partial charge in [0.05, 0.1) is 0 Å². The van der Waals surface area contributed by atoms with Crippen molar-refractivity contribution in [3.05, 3.63) is 48.4 Å². The Morgan fingerprint density at radius 1 is 1.50 bits per heavy atom. The van der Waals surface area contributed by atoms with E-state index in [2.05, 4.69) is 29.7 Å². The molecular weight excluding hydrogens is 172 g/mol. The lowest BCUT2D eigenvalue weighted by Crippen LogP contribution is -1.81. The molecule has 0 unspecified atom stereocenters. The molecule has 1 aromatic heterocycles. The van der Waals surface area contributed by atoms with E-state index in [9.17, 15) is 0 Å². The van der Waals surface area contributed by atoms with Crippen molar-refractivity contribution < 1.29 is 0 Å². The molecule has 1 rings (SSSR count). The van der Waals surface area contributed by atoms with Gasteiger partial charge in [0.15, 0.2) is 0 Å². The second kappa shape index (κ2) is 5.86. The summed E-state index contributed by atoms with van der Waals surface area (Å²) in [6.45, 7) is 5.52. The quantitative estimate of drug-likeness (QED) is 0.524. The predicted molar refractivity (Wildman–Crippen MR) is 61.2 cm³/mol. The summed E-state index contributed by atoms with van der Waals surface area (Å²) in [5.74, 6) is 0. The third kappa shape index (κ3) is 2.98. The van der Waals surface area contributed by atoms with Crippen LogP contribution in [0.3, 0.4) is 0 Å². The normalized spacial score (nSPS) is 11.9. The van der Waals surface area contributed by atoms with Crippen molar-refractivity contribution >= 4 is 12.3 Å². The molecule has 0 bridgehead atoms. The van der Waals surface area contributed by atoms with Gasteiger partial charge in [-0.15, -0.1) is 0 Å². The van der Waals surface area contributed by atoms with Gasteiger partial charge in [0.2, 0.25) is 0 Å². The Morgan fingerprint density at radius 2 is 2.21 bits per heavy atom. The number of aromatic nitrogens is 1. The smallest absolute Gasteiger partial charge is 0.0273 e. The van der Waals surface area contributed by atoms with Gasteiger partial charge >= 0.3 is 0 Å². The zero-order valence-electron chi connectivity index (χ0n) is 8.35. The average Bonchev–Trinajstić information content (AvgIpc) is 2.25. The highest BCUT2D eigenvalue weighted by molar-refractivity contribution is 5.73. The molecule has 0 fully saturated rings. The maximum Gasteiger partial charge on any atom is 0.0273 e. The van der Waals surface area contributed by atoms with Crippen LogP contribution in [0.1, 0.15) is 18.9 Å². The first-order valence-corrected chi connectivity index (χ1v) is 4.61. The fourth-order valence-electron chi connectivity index (χ4n) is 1.18. The minimum atomic E-state index is 0.999. The Hall–Kier alpha value is -1.70. The third-order valence-electron chi connectivity index (χ3n) is 1.80. The van der Waals surface area contributed by atoms with Gasteiger partial charge in [-0.2, -0.15) is 0 Å². The molecule has 0 radical (unpaired) electrons. The van der Waals surface area contributed by atoms with Crippen molar-refractivity contribution in [2.75, 3.05) is 0 Å². The Balaban J connectivity index is 2.95. The summed E-state index contributed by atoms with van der Waals surface area (Å²) in [6.07, 6.45) is 10.4. The molecule has 1 aromatic rings. The van der Waals surface area contributed by atoms with Gasteiger partial charge in [0.1, 0.15) is 0 Å². The fraction of sp³-hybridized carbons (Fsp3) is 0.167. The van der Waals surface area contributed by atoms with Gasteiger partial charge in [0, 0.05) is 18.6 Å². The number of hydrogen-bond donors (Lipinski definition) is 0. The maximum atomic E-state index is 3.98. The molecule has 0 aromatic carbocycles. The first-order valence-electron chi connectivity index (χ1n) is 4.61. The van der Waals surface area contributed by atoms with E-state index in [0.717, 1.165) is 17.6 Å². The van der Waals surface area contributed by atoms with Crippen LogP contribution in [0.4, 0.5) is 0 Å². The van der Waals surface area contributed by atoms with Gasteiger partial charge in [-0.25, -0.2) is 0 Å². The second-order valence-corrected chi connectivity index (χ2v) is 2.80. The molecule has 0 amide bonds. The summed E-state index contributed by atoms with van der Waals surface area (Å²) in [7, 11) is 0. The van der Waals surface area contributed by atoms with Gasteiger partial charge < -0.3 is 0 Å². The van der Waals surface area contributed by atoms with E-state index in [1.165, 1.54) is 0 Å². The van der Waals surface area contributed by atoms with Crippen LogP contribution < -0.4 is 0 Å². The first kappa shape index (κ1) is 10.4. The van der Waals surface area contributed by atoms with E-state index in [-0.39, 0.29) is 0 Å². The molecule has 1 heterocycles. The Labute approximate surface area is 84.7 Å². The van der Waals surface area contributed by atoms with E-state index >= 15 is 0 Å². The number of hydrogen-bond acceptors (Lipinski definition) is 2. The van der Waals surface area contributed by atoms with E-state index < -0.39 is 0 Å². The lowest BCUT2D eigenvalue weighted by atomic mass is 10.1. The number of nitrogens with zero attached hydrogens (tertiary/aromatic N) is 2. The van der Waals surface area contributed by atoms with Crippen LogP contribution in [0, 0.1) is 0 Å². The van der Waals surface area contributed by atoms with Crippen LogP contribution in [0.15, 0.2) is 47.9 Å². The summed E-state index contributed by atoms with van der Waals surface area (Å²) in [5.41, 5.74) is 2.31. The van der Waals surface area contributed by atoms with E-state index in [0.29, 0.717) is 0 Å². The van der Waals surface area contributed by atoms with Crippen LogP contribution in [0.2, 0.25) is 0 Å². The number of pyridine rings is 1. The summed E-state index contributed by atoms with van der Waals surface area (Å²) in [5, 5.41) is 0. The standard InChI is InChI=1S/C12H14N2/c1-3-4-11(5-8-13-2)12-6-9-14-10-7-12/h4-10H,2-3H2,1H3/b8-5-,11-4+. The number of rotatable bonds is 4. The molecule has 0 atom stereocenters. The molecule has 0 saturated heterocycles. The van der Waals surface area contributed by atoms with Gasteiger partial charge in [-0.1, -0.05) is 13.0 Å². The van der Waals surface area contributed by atoms with Gasteiger partial charge in [0.25, 0.3) is 0 Å². The zero-order chi connectivity index (χ0) is 10.2. The van der Waals surface area contributed by atoms with Crippen LogP contribution in [0.25, 0.3) is 5.57 Å². The van der Waals surface area contributed by atoms with E-state index in [1.54, 1.807) is 18.6 Å². The van der Waals surface area contributed by atoms with Crippen molar-refractivity contribution in [2.45, 2.75) is 13.3 Å². The summed E-state index contributed by atoms with van der Waals surface area (Å²) >= 11 is 0. The number of aliphatic imine (C=N–C) groups is 1. The Morgan fingerprint density at radius 3 is 2.79 bits per heavy atom. The van der Waals surface area contributed by atoms with Gasteiger partial charge in [-0.3, -0.25) is 9.98 Å². The molecule has 72 valence electrons. The zero-order valence-corrected chi connectivity index (χ0v) is 8.35. The third-order valence-corrected chi connectivity index (χ3v) is 1.80. The highest BCUT2D eigenvalue weighted by Crippen LogP contribution is 2.15. The topological polar surface area (TPSA) is 25.2 Å². The average molecular weight is 186 g/mol. The predicted octanol–water partition coefficient (Wildman–Crippen LogP) is 3.09. The van der Waals surface area contributed by atoms with Crippen molar-refractivity contribution in [3.8, 4) is 0 Å². The summed E-state index contributed by atoms with van der Waals surface area (Å²) in [4.78, 5) is 7.68. The van der Waals surface area contributed by atoms with Crippen LogP contribution in [-0.2, 0) is 0 Å². The SMILES string of the molecule is C=N/C=C\C(=C/CC)c1ccncc1. The molecule has 0 aliphatic heterocycles. The second-order valence-electron chi connectivity index (χ2n) is 2.80. The van der Waals surface area contributed by atoms with Crippen LogP contribution in [0.5, 0.6) is 0 Å². The molecule has 14 heavy (non-hydrogen) atoms. The van der Waals surface area contributed by atoms with Crippen molar-refractivity contribution in [3.63, 3.8) is 0 Å². The molecule has 0 aliphatic carbocycles. The largest absolute Gasteiger partial charge is 0.272 e. The molecule has 2 heteroatoms. The van der Waals surface area contributed by atoms with Crippen molar-refractivity contribution in [1.29, 1.82) is 0 Å². The van der Waals surface area contributed by atoms with Gasteiger partial charge in [-0.05, 0) is 42.5 Å². The summed E-state index contributed by atoms with van der Waals surface area (Å²) < 4.78 is 0. The monoisotopic (exact) mass is 186 g/mol. The highest BCUT2D eigenvalue weighted by atomic mass is 14.6. The van der Waals surface area contributed by atoms with E-state index in [1.807, 2.05) is 18.2 Å². The molecule has 0 saturated carbocycles. The Kier molecular flexibility index (Phi) is 4.35. The first-order chi connectivity index (χ1) is 6.88. The molecule has 2 nitrogen and oxygen atoms in total. The molecule has 0 aliphatic rings. The maximum absolute atomic E-state index is 3.98. The highest BCUT2D eigenvalue weighted by Gasteiger charge is 1.94. The van der Waals surface area contributed by atoms with Crippen LogP contribution in [-0.4, -0.2) is 11.7 Å². The Bertz CT molecular complexity index is 337. The van der Waals surface area contributed by atoms with Crippen molar-refractivity contribution in [2.24, 2.45) is 4.99 Å². The van der Waals surface area contributed by atoms with Crippen molar-refractivity contribution in [1.82, 2.24) is 4.98 Å². The fourth-order valence-corrected chi connectivity index (χ4v) is 1.18. The van der Waals surface area contributed by atoms with Crippen LogP contribution >= 0.6 is 0 Å². The van der Waals surface area contributed by atoms with E-state index in [4.69, 9.17) is 0 Å². The lowest BCUT2D eigenvalue weighted by Gasteiger charge is -2.00. The molecular formula is C12H14N2. The summed E-state index contributed by atoms with van der Waals surface area (Å²) in [6, 6.07) is 3.96. The number of allylic oxidation sites excluding steroid dienone is 3. The molecule has 0 spiro atoms.